The van der Waals surface area contributed by atoms with Gasteiger partial charge in [0.2, 0.25) is 23.1 Å². The largest absolute Gasteiger partial charge is 0.293 e. The first-order valence-electron chi connectivity index (χ1n) is 7.62. The fourth-order valence-corrected chi connectivity index (χ4v) is 3.31. The van der Waals surface area contributed by atoms with Crippen molar-refractivity contribution in [3.63, 3.8) is 0 Å². The van der Waals surface area contributed by atoms with Gasteiger partial charge in [0, 0.05) is 16.7 Å². The Labute approximate surface area is 142 Å². The lowest BCUT2D eigenvalue weighted by Crippen LogP contribution is -2.39. The number of Topliss-reactive ketones (excluding diaryl/α,β-unsaturated/α-hetero) is 4. The monoisotopic (exact) mass is 330 g/mol. The number of carbonyl (C=O) groups is 5. The van der Waals surface area contributed by atoms with Crippen molar-refractivity contribution >= 4 is 34.5 Å². The van der Waals surface area contributed by atoms with E-state index in [0.717, 1.165) is 6.08 Å². The van der Waals surface area contributed by atoms with Crippen molar-refractivity contribution in [2.45, 2.75) is 0 Å². The first-order chi connectivity index (χ1) is 12.0. The van der Waals surface area contributed by atoms with Gasteiger partial charge in [-0.25, -0.2) is 0 Å². The number of fused-ring (bicyclic) bond motifs is 2. The Morgan fingerprint density at radius 3 is 1.72 bits per heavy atom. The second kappa shape index (κ2) is 5.27. The third-order valence-electron chi connectivity index (χ3n) is 4.49. The van der Waals surface area contributed by atoms with E-state index in [1.165, 1.54) is 18.2 Å². The van der Waals surface area contributed by atoms with Crippen molar-refractivity contribution in [1.29, 1.82) is 0 Å². The van der Waals surface area contributed by atoms with Crippen LogP contribution in [-0.4, -0.2) is 28.9 Å². The molecule has 5 heteroatoms. The number of hydrogen-bond acceptors (Lipinski definition) is 5. The van der Waals surface area contributed by atoms with E-state index in [0.29, 0.717) is 5.56 Å². The van der Waals surface area contributed by atoms with Gasteiger partial charge >= 0.3 is 0 Å². The SMILES string of the molecule is O=C1C=C(C2C(=O)C(=O)c3ccccc3C2=O)c2ccccc2C1=O. The molecule has 2 aromatic rings. The molecule has 0 saturated carbocycles. The highest BCUT2D eigenvalue weighted by Gasteiger charge is 2.44. The van der Waals surface area contributed by atoms with Gasteiger partial charge in [-0.1, -0.05) is 48.5 Å². The molecule has 0 amide bonds. The summed E-state index contributed by atoms with van der Waals surface area (Å²) < 4.78 is 0. The van der Waals surface area contributed by atoms with Crippen molar-refractivity contribution in [1.82, 2.24) is 0 Å². The van der Waals surface area contributed by atoms with Crippen molar-refractivity contribution in [2.24, 2.45) is 5.92 Å². The molecule has 0 aromatic heterocycles. The Morgan fingerprint density at radius 2 is 1.08 bits per heavy atom. The molecule has 1 atom stereocenters. The normalized spacial score (nSPS) is 19.4. The fourth-order valence-electron chi connectivity index (χ4n) is 3.31. The van der Waals surface area contributed by atoms with E-state index in [1.54, 1.807) is 30.3 Å². The van der Waals surface area contributed by atoms with E-state index in [1.807, 2.05) is 0 Å². The van der Waals surface area contributed by atoms with Crippen LogP contribution < -0.4 is 0 Å². The molecule has 0 N–H and O–H groups in total. The van der Waals surface area contributed by atoms with E-state index in [9.17, 15) is 24.0 Å². The summed E-state index contributed by atoms with van der Waals surface area (Å²) in [4.78, 5) is 61.9. The van der Waals surface area contributed by atoms with Crippen molar-refractivity contribution < 1.29 is 24.0 Å². The second-order valence-corrected chi connectivity index (χ2v) is 5.87. The fraction of sp³-hybridized carbons (Fsp3) is 0.0500. The standard InChI is InChI=1S/C20H10O5/c21-15-9-14(10-5-1-2-6-11(10)17(15)22)16-18(23)12-7-3-4-8-13(12)19(24)20(16)25/h1-9,16H. The van der Waals surface area contributed by atoms with Crippen LogP contribution >= 0.6 is 0 Å². The van der Waals surface area contributed by atoms with E-state index in [2.05, 4.69) is 0 Å². The van der Waals surface area contributed by atoms with Crippen LogP contribution in [0, 0.1) is 5.92 Å². The summed E-state index contributed by atoms with van der Waals surface area (Å²) in [6.07, 6.45) is 1.01. The van der Waals surface area contributed by atoms with Crippen LogP contribution in [0.1, 0.15) is 36.6 Å². The third kappa shape index (κ3) is 2.06. The zero-order valence-corrected chi connectivity index (χ0v) is 12.8. The van der Waals surface area contributed by atoms with Crippen molar-refractivity contribution in [2.75, 3.05) is 0 Å². The lowest BCUT2D eigenvalue weighted by atomic mass is 9.72. The zero-order chi connectivity index (χ0) is 17.7. The first kappa shape index (κ1) is 15.1. The number of rotatable bonds is 1. The Balaban J connectivity index is 1.93. The van der Waals surface area contributed by atoms with E-state index >= 15 is 0 Å². The molecule has 0 aliphatic heterocycles. The van der Waals surface area contributed by atoms with E-state index in [-0.39, 0.29) is 22.3 Å². The first-order valence-corrected chi connectivity index (χ1v) is 7.62. The van der Waals surface area contributed by atoms with Crippen molar-refractivity contribution in [3.05, 3.63) is 76.9 Å². The van der Waals surface area contributed by atoms with Gasteiger partial charge in [0.05, 0.1) is 0 Å². The molecule has 25 heavy (non-hydrogen) atoms. The van der Waals surface area contributed by atoms with Crippen LogP contribution in [0.25, 0.3) is 5.57 Å². The maximum atomic E-state index is 12.9. The number of hydrogen-bond donors (Lipinski definition) is 0. The minimum absolute atomic E-state index is 0.0702. The maximum Gasteiger partial charge on any atom is 0.233 e. The van der Waals surface area contributed by atoms with Gasteiger partial charge in [-0.3, -0.25) is 24.0 Å². The van der Waals surface area contributed by atoms with Gasteiger partial charge in [0.15, 0.2) is 5.78 Å². The van der Waals surface area contributed by atoms with Crippen LogP contribution in [0.4, 0.5) is 0 Å². The van der Waals surface area contributed by atoms with Crippen LogP contribution in [0.5, 0.6) is 0 Å². The molecule has 2 aromatic carbocycles. The van der Waals surface area contributed by atoms with Gasteiger partial charge in [0.1, 0.15) is 5.92 Å². The second-order valence-electron chi connectivity index (χ2n) is 5.87. The molecule has 0 fully saturated rings. The molecule has 0 saturated heterocycles. The van der Waals surface area contributed by atoms with Crippen molar-refractivity contribution in [3.8, 4) is 0 Å². The topological polar surface area (TPSA) is 85.3 Å². The van der Waals surface area contributed by atoms with Gasteiger partial charge in [-0.15, -0.1) is 0 Å². The number of carbonyl (C=O) groups excluding carboxylic acids is 5. The molecule has 0 bridgehead atoms. The van der Waals surface area contributed by atoms with Gasteiger partial charge in [-0.2, -0.15) is 0 Å². The molecule has 5 nitrogen and oxygen atoms in total. The zero-order valence-electron chi connectivity index (χ0n) is 12.8. The molecule has 1 unspecified atom stereocenters. The average molecular weight is 330 g/mol. The van der Waals surface area contributed by atoms with E-state index < -0.39 is 34.8 Å². The smallest absolute Gasteiger partial charge is 0.233 e. The molecule has 0 heterocycles. The predicted octanol–water partition coefficient (Wildman–Crippen LogP) is 2.10. The number of allylic oxidation sites excluding steroid dienone is 2. The highest BCUT2D eigenvalue weighted by Crippen LogP contribution is 2.36. The van der Waals surface area contributed by atoms with Gasteiger partial charge in [0.25, 0.3) is 0 Å². The minimum atomic E-state index is -1.40. The molecule has 0 radical (unpaired) electrons. The van der Waals surface area contributed by atoms with E-state index in [4.69, 9.17) is 0 Å². The number of benzene rings is 2. The molecule has 120 valence electrons. The quantitative estimate of drug-likeness (QED) is 0.590. The Morgan fingerprint density at radius 1 is 0.560 bits per heavy atom. The summed E-state index contributed by atoms with van der Waals surface area (Å²) >= 11 is 0. The average Bonchev–Trinajstić information content (AvgIpc) is 2.64. The predicted molar refractivity (Wildman–Crippen MR) is 87.4 cm³/mol. The lowest BCUT2D eigenvalue weighted by molar-refractivity contribution is -0.116. The molecule has 0 spiro atoms. The van der Waals surface area contributed by atoms with Crippen LogP contribution in [0.3, 0.4) is 0 Å². The molecule has 2 aliphatic rings. The highest BCUT2D eigenvalue weighted by atomic mass is 16.2. The summed E-state index contributed by atoms with van der Waals surface area (Å²) in [7, 11) is 0. The molecule has 4 rings (SSSR count). The summed E-state index contributed by atoms with van der Waals surface area (Å²) in [6.45, 7) is 0. The third-order valence-corrected chi connectivity index (χ3v) is 4.49. The maximum absolute atomic E-state index is 12.9. The summed E-state index contributed by atoms with van der Waals surface area (Å²) in [5, 5.41) is 0. The minimum Gasteiger partial charge on any atom is -0.293 e. The van der Waals surface area contributed by atoms with Crippen LogP contribution in [0.15, 0.2) is 54.6 Å². The Kier molecular flexibility index (Phi) is 3.18. The number of ketones is 5. The van der Waals surface area contributed by atoms with Crippen LogP contribution in [0.2, 0.25) is 0 Å². The summed E-state index contributed by atoms with van der Waals surface area (Å²) in [5.74, 6) is -5.08. The van der Waals surface area contributed by atoms with Gasteiger partial charge < -0.3 is 0 Å². The highest BCUT2D eigenvalue weighted by molar-refractivity contribution is 6.56. The summed E-state index contributed by atoms with van der Waals surface area (Å²) in [5.41, 5.74) is 0.807. The molecular weight excluding hydrogens is 320 g/mol. The lowest BCUT2D eigenvalue weighted by Gasteiger charge is -2.26. The Hall–Kier alpha value is -3.47. The molecule has 2 aliphatic carbocycles. The summed E-state index contributed by atoms with van der Waals surface area (Å²) in [6, 6.07) is 12.4. The molecular formula is C20H10O5. The van der Waals surface area contributed by atoms with Crippen LogP contribution in [-0.2, 0) is 9.59 Å². The van der Waals surface area contributed by atoms with Gasteiger partial charge in [-0.05, 0) is 17.2 Å². The Bertz CT molecular complexity index is 1040.